The van der Waals surface area contributed by atoms with Gasteiger partial charge in [0, 0.05) is 30.1 Å². The molecule has 4 aromatic rings. The average molecular weight is 442 g/mol. The maximum atomic E-state index is 13.4. The number of carbonyl (C=O) groups is 1. The number of carboxylic acid groups (broad SMARTS) is 1. The summed E-state index contributed by atoms with van der Waals surface area (Å²) in [6.45, 7) is 7.87. The van der Waals surface area contributed by atoms with Gasteiger partial charge in [0.05, 0.1) is 23.6 Å². The molecule has 0 radical (unpaired) electrons. The third-order valence-corrected chi connectivity index (χ3v) is 5.99. The summed E-state index contributed by atoms with van der Waals surface area (Å²) >= 11 is 0. The van der Waals surface area contributed by atoms with Gasteiger partial charge in [-0.3, -0.25) is 4.79 Å². The molecule has 168 valence electrons. The van der Waals surface area contributed by atoms with E-state index >= 15 is 0 Å². The predicted molar refractivity (Wildman–Crippen MR) is 128 cm³/mol. The normalized spacial score (nSPS) is 12.0. The van der Waals surface area contributed by atoms with Gasteiger partial charge in [-0.1, -0.05) is 42.0 Å². The summed E-state index contributed by atoms with van der Waals surface area (Å²) in [5, 5.41) is 9.66. The Morgan fingerprint density at radius 3 is 2.36 bits per heavy atom. The topological polar surface area (TPSA) is 77.1 Å². The van der Waals surface area contributed by atoms with E-state index in [9.17, 15) is 14.7 Å². The fourth-order valence-corrected chi connectivity index (χ4v) is 4.09. The number of aromatic carboxylic acids is 1. The highest BCUT2D eigenvalue weighted by molar-refractivity contribution is 5.87. The van der Waals surface area contributed by atoms with E-state index in [2.05, 4.69) is 4.98 Å². The Labute approximate surface area is 192 Å². The van der Waals surface area contributed by atoms with E-state index in [1.807, 2.05) is 80.9 Å². The van der Waals surface area contributed by atoms with E-state index in [4.69, 9.17) is 0 Å². The number of rotatable bonds is 6. The number of aryl methyl sites for hydroxylation is 3. The van der Waals surface area contributed by atoms with Crippen molar-refractivity contribution in [1.82, 2.24) is 14.1 Å². The van der Waals surface area contributed by atoms with Crippen molar-refractivity contribution in [2.45, 2.75) is 40.2 Å². The molecule has 0 bridgehead atoms. The number of hydrogen-bond acceptors (Lipinski definition) is 3. The van der Waals surface area contributed by atoms with Crippen molar-refractivity contribution >= 4 is 5.97 Å². The van der Waals surface area contributed by atoms with Gasteiger partial charge in [0.2, 0.25) is 0 Å². The summed E-state index contributed by atoms with van der Waals surface area (Å²) in [6.07, 6.45) is 5.53. The Morgan fingerprint density at radius 2 is 1.76 bits per heavy atom. The Balaban J connectivity index is 1.72. The maximum absolute atomic E-state index is 13.4. The summed E-state index contributed by atoms with van der Waals surface area (Å²) in [5.41, 5.74) is 6.41. The highest BCUT2D eigenvalue weighted by Crippen LogP contribution is 2.21. The summed E-state index contributed by atoms with van der Waals surface area (Å²) < 4.78 is 3.49. The summed E-state index contributed by atoms with van der Waals surface area (Å²) in [4.78, 5) is 29.5. The SMILES string of the molecule is Cc1ccc([C@H](C)n2cc(C(=O)O)cc(Cc3ccc(-n4cnc(C)c4)c(C)c3)c2=O)cc1. The first-order valence-corrected chi connectivity index (χ1v) is 10.9. The van der Waals surface area contributed by atoms with Crippen molar-refractivity contribution in [2.75, 3.05) is 0 Å². The second-order valence-electron chi connectivity index (χ2n) is 8.58. The number of aromatic nitrogens is 3. The van der Waals surface area contributed by atoms with E-state index < -0.39 is 5.97 Å². The van der Waals surface area contributed by atoms with E-state index in [1.54, 1.807) is 6.33 Å². The molecule has 2 aromatic carbocycles. The van der Waals surface area contributed by atoms with E-state index in [1.165, 1.54) is 16.8 Å². The standard InChI is InChI=1S/C27H27N3O3/c1-17-5-8-22(9-6-17)20(4)30-15-24(27(32)33)13-23(26(30)31)12-21-7-10-25(18(2)11-21)29-14-19(3)28-16-29/h5-11,13-16,20H,12H2,1-4H3,(H,32,33)/t20-/m0/s1. The van der Waals surface area contributed by atoms with Gasteiger partial charge in [-0.25, -0.2) is 9.78 Å². The van der Waals surface area contributed by atoms with Crippen molar-refractivity contribution < 1.29 is 9.90 Å². The van der Waals surface area contributed by atoms with Crippen LogP contribution < -0.4 is 5.56 Å². The monoisotopic (exact) mass is 441 g/mol. The lowest BCUT2D eigenvalue weighted by Crippen LogP contribution is -2.28. The number of nitrogens with zero attached hydrogens (tertiary/aromatic N) is 3. The minimum Gasteiger partial charge on any atom is -0.478 e. The van der Waals surface area contributed by atoms with Gasteiger partial charge in [-0.05, 0) is 56.5 Å². The first-order valence-electron chi connectivity index (χ1n) is 10.9. The molecular formula is C27H27N3O3. The summed E-state index contributed by atoms with van der Waals surface area (Å²) in [5.74, 6) is -1.05. The molecule has 2 aromatic heterocycles. The molecule has 1 N–H and O–H groups in total. The van der Waals surface area contributed by atoms with Crippen molar-refractivity contribution in [3.63, 3.8) is 0 Å². The lowest BCUT2D eigenvalue weighted by molar-refractivity contribution is 0.0695. The van der Waals surface area contributed by atoms with Crippen molar-refractivity contribution in [1.29, 1.82) is 0 Å². The number of imidazole rings is 1. The molecule has 0 amide bonds. The van der Waals surface area contributed by atoms with Gasteiger partial charge in [-0.2, -0.15) is 0 Å². The lowest BCUT2D eigenvalue weighted by Gasteiger charge is -2.18. The molecule has 2 heterocycles. The fourth-order valence-electron chi connectivity index (χ4n) is 4.09. The fraction of sp³-hybridized carbons (Fsp3) is 0.222. The van der Waals surface area contributed by atoms with Crippen LogP contribution in [0.3, 0.4) is 0 Å². The number of pyridine rings is 1. The molecule has 0 saturated carbocycles. The Kier molecular flexibility index (Phi) is 6.01. The van der Waals surface area contributed by atoms with Gasteiger partial charge in [0.15, 0.2) is 0 Å². The molecule has 0 unspecified atom stereocenters. The van der Waals surface area contributed by atoms with Crippen LogP contribution >= 0.6 is 0 Å². The van der Waals surface area contributed by atoms with Crippen LogP contribution in [0, 0.1) is 20.8 Å². The zero-order chi connectivity index (χ0) is 23.7. The summed E-state index contributed by atoms with van der Waals surface area (Å²) in [7, 11) is 0. The molecule has 4 rings (SSSR count). The Morgan fingerprint density at radius 1 is 1.03 bits per heavy atom. The zero-order valence-corrected chi connectivity index (χ0v) is 19.2. The first kappa shape index (κ1) is 22.3. The molecule has 6 heteroatoms. The molecule has 0 saturated heterocycles. The summed E-state index contributed by atoms with van der Waals surface area (Å²) in [6, 6.07) is 15.1. The molecule has 0 aliphatic rings. The maximum Gasteiger partial charge on any atom is 0.337 e. The van der Waals surface area contributed by atoms with Gasteiger partial charge in [-0.15, -0.1) is 0 Å². The largest absolute Gasteiger partial charge is 0.478 e. The van der Waals surface area contributed by atoms with Crippen molar-refractivity contribution in [3.8, 4) is 5.69 Å². The molecule has 0 aliphatic heterocycles. The smallest absolute Gasteiger partial charge is 0.337 e. The van der Waals surface area contributed by atoms with Crippen LogP contribution in [-0.4, -0.2) is 25.2 Å². The van der Waals surface area contributed by atoms with Crippen molar-refractivity contribution in [2.24, 2.45) is 0 Å². The molecule has 1 atom stereocenters. The van der Waals surface area contributed by atoms with Gasteiger partial charge >= 0.3 is 5.97 Å². The van der Waals surface area contributed by atoms with Crippen LogP contribution in [0.15, 0.2) is 72.0 Å². The minimum atomic E-state index is -1.05. The number of hydrogen-bond donors (Lipinski definition) is 1. The molecule has 0 fully saturated rings. The third-order valence-electron chi connectivity index (χ3n) is 5.99. The predicted octanol–water partition coefficient (Wildman–Crippen LogP) is 4.86. The number of carboxylic acids is 1. The van der Waals surface area contributed by atoms with Crippen LogP contribution in [0.1, 0.15) is 56.8 Å². The quantitative estimate of drug-likeness (QED) is 0.464. The van der Waals surface area contributed by atoms with E-state index in [-0.39, 0.29) is 17.2 Å². The van der Waals surface area contributed by atoms with Crippen LogP contribution in [0.2, 0.25) is 0 Å². The molecule has 6 nitrogen and oxygen atoms in total. The third kappa shape index (κ3) is 4.65. The Bertz CT molecular complexity index is 1380. The van der Waals surface area contributed by atoms with Gasteiger partial charge in [0.25, 0.3) is 5.56 Å². The van der Waals surface area contributed by atoms with Crippen molar-refractivity contribution in [3.05, 3.63) is 117 Å². The number of benzene rings is 2. The molecular weight excluding hydrogens is 414 g/mol. The van der Waals surface area contributed by atoms with Gasteiger partial charge in [0.1, 0.15) is 0 Å². The zero-order valence-electron chi connectivity index (χ0n) is 19.2. The second-order valence-corrected chi connectivity index (χ2v) is 8.58. The van der Waals surface area contributed by atoms with Crippen LogP contribution in [0.5, 0.6) is 0 Å². The van der Waals surface area contributed by atoms with E-state index in [0.29, 0.717) is 12.0 Å². The highest BCUT2D eigenvalue weighted by Gasteiger charge is 2.17. The first-order chi connectivity index (χ1) is 15.7. The van der Waals surface area contributed by atoms with E-state index in [0.717, 1.165) is 33.6 Å². The van der Waals surface area contributed by atoms with Crippen LogP contribution in [-0.2, 0) is 6.42 Å². The molecule has 0 aliphatic carbocycles. The molecule has 0 spiro atoms. The second kappa shape index (κ2) is 8.90. The average Bonchev–Trinajstić information content (AvgIpc) is 3.21. The highest BCUT2D eigenvalue weighted by atomic mass is 16.4. The Hall–Kier alpha value is -3.93. The molecule has 33 heavy (non-hydrogen) atoms. The van der Waals surface area contributed by atoms with Crippen LogP contribution in [0.25, 0.3) is 5.69 Å². The van der Waals surface area contributed by atoms with Crippen LogP contribution in [0.4, 0.5) is 0 Å². The van der Waals surface area contributed by atoms with Gasteiger partial charge < -0.3 is 14.2 Å². The minimum absolute atomic E-state index is 0.103. The lowest BCUT2D eigenvalue weighted by atomic mass is 10.0.